The number of para-hydroxylation sites is 1. The summed E-state index contributed by atoms with van der Waals surface area (Å²) in [6.07, 6.45) is 7.79. The molecule has 1 unspecified atom stereocenters. The summed E-state index contributed by atoms with van der Waals surface area (Å²) in [6, 6.07) is 8.62. The summed E-state index contributed by atoms with van der Waals surface area (Å²) in [6.45, 7) is 2.06. The van der Waals surface area contributed by atoms with Crippen molar-refractivity contribution >= 4 is 17.6 Å². The number of carbonyl (C=O) groups is 2. The summed E-state index contributed by atoms with van der Waals surface area (Å²) in [5.74, 6) is -2.29. The molecule has 0 saturated carbocycles. The second-order valence-corrected chi connectivity index (χ2v) is 6.39. The van der Waals surface area contributed by atoms with Crippen LogP contribution < -0.4 is 4.90 Å². The van der Waals surface area contributed by atoms with Crippen LogP contribution in [0.25, 0.3) is 0 Å². The topological polar surface area (TPSA) is 87.1 Å². The summed E-state index contributed by atoms with van der Waals surface area (Å²) in [7, 11) is 0. The lowest BCUT2D eigenvalue weighted by molar-refractivity contribution is -0.151. The Balaban J connectivity index is 2.47. The lowest BCUT2D eigenvalue weighted by Gasteiger charge is -2.29. The van der Waals surface area contributed by atoms with E-state index in [0.717, 1.165) is 19.3 Å². The van der Waals surface area contributed by atoms with Crippen molar-refractivity contribution in [3.05, 3.63) is 30.3 Å². The molecule has 6 nitrogen and oxygen atoms in total. The Hall–Kier alpha value is -2.08. The first-order valence-electron chi connectivity index (χ1n) is 9.44. The van der Waals surface area contributed by atoms with E-state index >= 15 is 0 Å². The van der Waals surface area contributed by atoms with E-state index in [0.29, 0.717) is 12.3 Å². The fourth-order valence-corrected chi connectivity index (χ4v) is 2.80. The van der Waals surface area contributed by atoms with Crippen LogP contribution in [0.4, 0.5) is 5.69 Å². The molecule has 0 fully saturated rings. The SMILES string of the molecule is CCCCCCCCCCOC(C(=O)O)N(CC(=O)O)c1ccccc1. The molecule has 0 aliphatic heterocycles. The van der Waals surface area contributed by atoms with Crippen LogP contribution >= 0.6 is 0 Å². The van der Waals surface area contributed by atoms with Crippen molar-refractivity contribution in [1.29, 1.82) is 0 Å². The molecule has 0 aliphatic rings. The molecule has 0 amide bonds. The van der Waals surface area contributed by atoms with Gasteiger partial charge in [0, 0.05) is 12.3 Å². The standard InChI is InChI=1S/C20H31NO5/c1-2-3-4-5-6-7-8-12-15-26-19(20(24)25)21(16-18(22)23)17-13-10-9-11-14-17/h9-11,13-14,19H,2-8,12,15-16H2,1H3,(H,22,23)(H,24,25). The second kappa shape index (κ2) is 13.2. The Morgan fingerprint density at radius 2 is 1.54 bits per heavy atom. The molecule has 26 heavy (non-hydrogen) atoms. The molecule has 146 valence electrons. The number of hydrogen-bond donors (Lipinski definition) is 2. The zero-order valence-electron chi connectivity index (χ0n) is 15.6. The second-order valence-electron chi connectivity index (χ2n) is 6.39. The van der Waals surface area contributed by atoms with Crippen LogP contribution in [0, 0.1) is 0 Å². The Labute approximate surface area is 155 Å². The lowest BCUT2D eigenvalue weighted by atomic mass is 10.1. The number of anilines is 1. The van der Waals surface area contributed by atoms with Gasteiger partial charge in [-0.3, -0.25) is 4.79 Å². The molecule has 0 aromatic heterocycles. The molecule has 6 heteroatoms. The molecule has 0 radical (unpaired) electrons. The summed E-state index contributed by atoms with van der Waals surface area (Å²) in [4.78, 5) is 24.0. The summed E-state index contributed by atoms with van der Waals surface area (Å²) in [5, 5.41) is 18.6. The predicted molar refractivity (Wildman–Crippen MR) is 101 cm³/mol. The van der Waals surface area contributed by atoms with Gasteiger partial charge in [0.2, 0.25) is 6.23 Å². The van der Waals surface area contributed by atoms with Gasteiger partial charge in [0.15, 0.2) is 0 Å². The van der Waals surface area contributed by atoms with E-state index in [1.54, 1.807) is 30.3 Å². The average molecular weight is 365 g/mol. The van der Waals surface area contributed by atoms with E-state index in [-0.39, 0.29) is 0 Å². The fourth-order valence-electron chi connectivity index (χ4n) is 2.80. The third kappa shape index (κ3) is 8.85. The normalized spacial score (nSPS) is 11.9. The Morgan fingerprint density at radius 1 is 0.962 bits per heavy atom. The molecule has 1 aromatic rings. The van der Waals surface area contributed by atoms with Gasteiger partial charge in [0.1, 0.15) is 6.54 Å². The Bertz CT molecular complexity index is 520. The maximum atomic E-state index is 11.6. The monoisotopic (exact) mass is 365 g/mol. The van der Waals surface area contributed by atoms with Crippen molar-refractivity contribution in [2.24, 2.45) is 0 Å². The van der Waals surface area contributed by atoms with Gasteiger partial charge in [-0.1, -0.05) is 70.1 Å². The minimum atomic E-state index is -1.31. The third-order valence-electron chi connectivity index (χ3n) is 4.16. The van der Waals surface area contributed by atoms with Crippen molar-refractivity contribution in [3.8, 4) is 0 Å². The lowest BCUT2D eigenvalue weighted by Crippen LogP contribution is -2.46. The van der Waals surface area contributed by atoms with E-state index in [9.17, 15) is 14.7 Å². The van der Waals surface area contributed by atoms with Gasteiger partial charge >= 0.3 is 11.9 Å². The highest BCUT2D eigenvalue weighted by atomic mass is 16.5. The highest BCUT2D eigenvalue weighted by Gasteiger charge is 2.28. The number of hydrogen-bond acceptors (Lipinski definition) is 4. The smallest absolute Gasteiger partial charge is 0.354 e. The van der Waals surface area contributed by atoms with Gasteiger partial charge in [0.25, 0.3) is 0 Å². The van der Waals surface area contributed by atoms with Gasteiger partial charge in [-0.15, -0.1) is 0 Å². The zero-order valence-corrected chi connectivity index (χ0v) is 15.6. The van der Waals surface area contributed by atoms with Gasteiger partial charge in [-0.05, 0) is 18.6 Å². The summed E-state index contributed by atoms with van der Waals surface area (Å²) < 4.78 is 5.53. The molecule has 1 atom stereocenters. The van der Waals surface area contributed by atoms with Gasteiger partial charge < -0.3 is 19.8 Å². The van der Waals surface area contributed by atoms with E-state index in [1.165, 1.54) is 37.0 Å². The minimum absolute atomic E-state index is 0.300. The minimum Gasteiger partial charge on any atom is -0.480 e. The van der Waals surface area contributed by atoms with Crippen LogP contribution in [0.1, 0.15) is 58.3 Å². The first kappa shape index (κ1) is 22.0. The van der Waals surface area contributed by atoms with Crippen LogP contribution in [-0.2, 0) is 14.3 Å². The van der Waals surface area contributed by atoms with Gasteiger partial charge in [-0.25, -0.2) is 4.79 Å². The van der Waals surface area contributed by atoms with E-state index in [1.807, 2.05) is 0 Å². The van der Waals surface area contributed by atoms with Crippen molar-refractivity contribution in [2.45, 2.75) is 64.5 Å². The number of aliphatic carboxylic acids is 2. The largest absolute Gasteiger partial charge is 0.480 e. The first-order chi connectivity index (χ1) is 12.6. The quantitative estimate of drug-likeness (QED) is 0.359. The molecular weight excluding hydrogens is 334 g/mol. The van der Waals surface area contributed by atoms with Crippen molar-refractivity contribution < 1.29 is 24.5 Å². The molecule has 1 rings (SSSR count). The molecule has 0 saturated heterocycles. The van der Waals surface area contributed by atoms with Crippen LogP contribution in [0.15, 0.2) is 30.3 Å². The van der Waals surface area contributed by atoms with Crippen molar-refractivity contribution in [3.63, 3.8) is 0 Å². The van der Waals surface area contributed by atoms with Crippen LogP contribution in [0.3, 0.4) is 0 Å². The van der Waals surface area contributed by atoms with E-state index < -0.39 is 24.7 Å². The van der Waals surface area contributed by atoms with Crippen LogP contribution in [0.5, 0.6) is 0 Å². The Kier molecular flexibility index (Phi) is 11.1. The van der Waals surface area contributed by atoms with Crippen molar-refractivity contribution in [1.82, 2.24) is 0 Å². The molecule has 0 bridgehead atoms. The maximum Gasteiger partial charge on any atom is 0.354 e. The van der Waals surface area contributed by atoms with Crippen LogP contribution in [-0.4, -0.2) is 41.5 Å². The number of unbranched alkanes of at least 4 members (excludes halogenated alkanes) is 7. The van der Waals surface area contributed by atoms with Gasteiger partial charge in [0.05, 0.1) is 0 Å². The van der Waals surface area contributed by atoms with Crippen LogP contribution in [0.2, 0.25) is 0 Å². The first-order valence-corrected chi connectivity index (χ1v) is 9.44. The maximum absolute atomic E-state index is 11.6. The number of carboxylic acids is 2. The number of rotatable bonds is 15. The average Bonchev–Trinajstić information content (AvgIpc) is 2.62. The van der Waals surface area contributed by atoms with E-state index in [4.69, 9.17) is 9.84 Å². The predicted octanol–water partition coefficient (Wildman–Crippen LogP) is 4.15. The molecule has 1 aromatic carbocycles. The third-order valence-corrected chi connectivity index (χ3v) is 4.16. The van der Waals surface area contributed by atoms with Gasteiger partial charge in [-0.2, -0.15) is 0 Å². The highest BCUT2D eigenvalue weighted by Crippen LogP contribution is 2.18. The van der Waals surface area contributed by atoms with E-state index in [2.05, 4.69) is 6.92 Å². The number of carboxylic acid groups (broad SMARTS) is 2. The Morgan fingerprint density at radius 3 is 2.08 bits per heavy atom. The number of nitrogens with zero attached hydrogens (tertiary/aromatic N) is 1. The fraction of sp³-hybridized carbons (Fsp3) is 0.600. The molecular formula is C20H31NO5. The molecule has 0 spiro atoms. The highest BCUT2D eigenvalue weighted by molar-refractivity contribution is 5.81. The number of ether oxygens (including phenoxy) is 1. The summed E-state index contributed by atoms with van der Waals surface area (Å²) >= 11 is 0. The number of benzene rings is 1. The molecule has 0 aliphatic carbocycles. The molecule has 2 N–H and O–H groups in total. The molecule has 0 heterocycles. The summed E-state index contributed by atoms with van der Waals surface area (Å²) in [5.41, 5.74) is 0.512. The van der Waals surface area contributed by atoms with Crippen molar-refractivity contribution in [2.75, 3.05) is 18.1 Å². The zero-order chi connectivity index (χ0) is 19.2.